The van der Waals surface area contributed by atoms with Gasteiger partial charge in [0.2, 0.25) is 5.78 Å². The van der Waals surface area contributed by atoms with Gasteiger partial charge in [0.1, 0.15) is 23.9 Å². The van der Waals surface area contributed by atoms with Crippen molar-refractivity contribution >= 4 is 11.9 Å². The smallest absolute Gasteiger partial charge is 0.231 e. The summed E-state index contributed by atoms with van der Waals surface area (Å²) in [4.78, 5) is 15.0. The maximum atomic E-state index is 12.6. The lowest BCUT2D eigenvalue weighted by Crippen LogP contribution is -2.33. The first-order chi connectivity index (χ1) is 13.7. The standard InChI is InChI=1S/C23H25NO4/c1-26-18-7-5-17(6-8-18)15-22-23(25)20-10-9-19(16-21(20)28-22)27-14-13-24-11-3-2-4-12-24/h5-10,15-16H,2-4,11-14H2,1H3/b22-15-. The number of piperidine rings is 1. The van der Waals surface area contributed by atoms with Gasteiger partial charge in [-0.25, -0.2) is 0 Å². The summed E-state index contributed by atoms with van der Waals surface area (Å²) in [5, 5.41) is 0. The third kappa shape index (κ3) is 4.20. The van der Waals surface area contributed by atoms with Crippen LogP contribution in [0.15, 0.2) is 48.2 Å². The molecule has 0 atom stereocenters. The number of carbonyl (C=O) groups is 1. The van der Waals surface area contributed by atoms with Gasteiger partial charge in [0.05, 0.1) is 12.7 Å². The molecule has 1 fully saturated rings. The largest absolute Gasteiger partial charge is 0.497 e. The van der Waals surface area contributed by atoms with Gasteiger partial charge >= 0.3 is 0 Å². The van der Waals surface area contributed by atoms with Crippen LogP contribution in [0.2, 0.25) is 0 Å². The van der Waals surface area contributed by atoms with Crippen molar-refractivity contribution in [3.63, 3.8) is 0 Å². The van der Waals surface area contributed by atoms with Crippen molar-refractivity contribution in [1.82, 2.24) is 4.90 Å². The lowest BCUT2D eigenvalue weighted by Gasteiger charge is -2.26. The summed E-state index contributed by atoms with van der Waals surface area (Å²) >= 11 is 0. The summed E-state index contributed by atoms with van der Waals surface area (Å²) in [5.74, 6) is 2.28. The van der Waals surface area contributed by atoms with Gasteiger partial charge in [0.15, 0.2) is 5.76 Å². The van der Waals surface area contributed by atoms with E-state index in [1.165, 1.54) is 19.3 Å². The molecule has 28 heavy (non-hydrogen) atoms. The highest BCUT2D eigenvalue weighted by Gasteiger charge is 2.27. The summed E-state index contributed by atoms with van der Waals surface area (Å²) in [7, 11) is 1.62. The molecule has 1 saturated heterocycles. The van der Waals surface area contributed by atoms with Crippen LogP contribution in [0.3, 0.4) is 0 Å². The van der Waals surface area contributed by atoms with Crippen molar-refractivity contribution in [2.75, 3.05) is 33.4 Å². The average Bonchev–Trinajstić information content (AvgIpc) is 3.04. The second-order valence-corrected chi connectivity index (χ2v) is 7.12. The average molecular weight is 379 g/mol. The van der Waals surface area contributed by atoms with Crippen molar-refractivity contribution < 1.29 is 19.0 Å². The van der Waals surface area contributed by atoms with E-state index in [-0.39, 0.29) is 5.78 Å². The number of ether oxygens (including phenoxy) is 3. The fourth-order valence-electron chi connectivity index (χ4n) is 3.58. The van der Waals surface area contributed by atoms with Crippen LogP contribution in [-0.2, 0) is 0 Å². The van der Waals surface area contributed by atoms with Crippen LogP contribution < -0.4 is 14.2 Å². The lowest BCUT2D eigenvalue weighted by atomic mass is 10.1. The SMILES string of the molecule is COc1ccc(/C=C2\Oc3cc(OCCN4CCCCC4)ccc3C2=O)cc1. The van der Waals surface area contributed by atoms with Gasteiger partial charge in [-0.1, -0.05) is 18.6 Å². The highest BCUT2D eigenvalue weighted by molar-refractivity contribution is 6.14. The Bertz CT molecular complexity index is 867. The van der Waals surface area contributed by atoms with E-state index in [1.807, 2.05) is 30.3 Å². The molecule has 0 spiro atoms. The minimum absolute atomic E-state index is 0.106. The number of hydrogen-bond donors (Lipinski definition) is 0. The number of rotatable bonds is 6. The number of likely N-dealkylation sites (tertiary alicyclic amines) is 1. The predicted octanol–water partition coefficient (Wildman–Crippen LogP) is 4.18. The number of carbonyl (C=O) groups excluding carboxylic acids is 1. The monoisotopic (exact) mass is 379 g/mol. The number of allylic oxidation sites excluding steroid dienone is 1. The maximum Gasteiger partial charge on any atom is 0.231 e. The lowest BCUT2D eigenvalue weighted by molar-refractivity contribution is 0.101. The molecule has 0 radical (unpaired) electrons. The van der Waals surface area contributed by atoms with E-state index in [0.717, 1.165) is 36.7 Å². The normalized spacial score (nSPS) is 18.0. The number of nitrogens with zero attached hydrogens (tertiary/aromatic N) is 1. The van der Waals surface area contributed by atoms with Crippen molar-refractivity contribution in [3.8, 4) is 17.2 Å². The van der Waals surface area contributed by atoms with Crippen LogP contribution in [0.5, 0.6) is 17.2 Å². The Labute approximate surface area is 165 Å². The Morgan fingerprint density at radius 2 is 1.79 bits per heavy atom. The molecular weight excluding hydrogens is 354 g/mol. The van der Waals surface area contributed by atoms with Crippen molar-refractivity contribution in [3.05, 3.63) is 59.4 Å². The molecule has 0 bridgehead atoms. The van der Waals surface area contributed by atoms with E-state index >= 15 is 0 Å². The van der Waals surface area contributed by atoms with Crippen molar-refractivity contribution in [2.45, 2.75) is 19.3 Å². The number of Topliss-reactive ketones (excluding diaryl/α,β-unsaturated/α-hetero) is 1. The number of hydrogen-bond acceptors (Lipinski definition) is 5. The van der Waals surface area contributed by atoms with Crippen LogP contribution in [0.4, 0.5) is 0 Å². The van der Waals surface area contributed by atoms with Crippen LogP contribution in [0.25, 0.3) is 6.08 Å². The second-order valence-electron chi connectivity index (χ2n) is 7.12. The van der Waals surface area contributed by atoms with E-state index < -0.39 is 0 Å². The molecule has 2 aliphatic rings. The van der Waals surface area contributed by atoms with Gasteiger partial charge in [-0.3, -0.25) is 9.69 Å². The zero-order valence-corrected chi connectivity index (χ0v) is 16.1. The van der Waals surface area contributed by atoms with E-state index in [0.29, 0.717) is 23.7 Å². The van der Waals surface area contributed by atoms with Gasteiger partial charge in [0.25, 0.3) is 0 Å². The summed E-state index contributed by atoms with van der Waals surface area (Å²) in [6.45, 7) is 3.89. The Morgan fingerprint density at radius 1 is 1.04 bits per heavy atom. The molecule has 146 valence electrons. The van der Waals surface area contributed by atoms with Crippen molar-refractivity contribution in [1.29, 1.82) is 0 Å². The van der Waals surface area contributed by atoms with Crippen LogP contribution in [0.1, 0.15) is 35.2 Å². The Kier molecular flexibility index (Phi) is 5.63. The minimum Gasteiger partial charge on any atom is -0.497 e. The van der Waals surface area contributed by atoms with Crippen LogP contribution in [0, 0.1) is 0 Å². The molecule has 0 amide bonds. The number of ketones is 1. The maximum absolute atomic E-state index is 12.6. The molecule has 2 aliphatic heterocycles. The summed E-state index contributed by atoms with van der Waals surface area (Å²) in [5.41, 5.74) is 1.46. The van der Waals surface area contributed by atoms with E-state index in [4.69, 9.17) is 14.2 Å². The Balaban J connectivity index is 1.39. The molecule has 0 saturated carbocycles. The summed E-state index contributed by atoms with van der Waals surface area (Å²) < 4.78 is 16.8. The first kappa shape index (κ1) is 18.6. The quantitative estimate of drug-likeness (QED) is 0.705. The Hall–Kier alpha value is -2.79. The molecule has 0 aliphatic carbocycles. The second kappa shape index (κ2) is 8.48. The number of fused-ring (bicyclic) bond motifs is 1. The molecule has 4 rings (SSSR count). The molecule has 2 aromatic carbocycles. The highest BCUT2D eigenvalue weighted by Crippen LogP contribution is 2.35. The predicted molar refractivity (Wildman–Crippen MR) is 108 cm³/mol. The van der Waals surface area contributed by atoms with E-state index in [2.05, 4.69) is 4.90 Å². The van der Waals surface area contributed by atoms with Gasteiger partial charge in [-0.05, 0) is 61.8 Å². The molecular formula is C23H25NO4. The summed E-state index contributed by atoms with van der Waals surface area (Å²) in [6.07, 6.45) is 5.63. The van der Waals surface area contributed by atoms with Crippen LogP contribution in [-0.4, -0.2) is 44.0 Å². The number of benzene rings is 2. The Morgan fingerprint density at radius 3 is 2.54 bits per heavy atom. The molecule has 2 aromatic rings. The topological polar surface area (TPSA) is 48.0 Å². The van der Waals surface area contributed by atoms with Gasteiger partial charge in [-0.15, -0.1) is 0 Å². The van der Waals surface area contributed by atoms with Crippen LogP contribution >= 0.6 is 0 Å². The zero-order chi connectivity index (χ0) is 19.3. The zero-order valence-electron chi connectivity index (χ0n) is 16.1. The third-order valence-corrected chi connectivity index (χ3v) is 5.18. The molecule has 5 heteroatoms. The third-order valence-electron chi connectivity index (χ3n) is 5.18. The van der Waals surface area contributed by atoms with E-state index in [1.54, 1.807) is 25.3 Å². The fourth-order valence-corrected chi connectivity index (χ4v) is 3.58. The van der Waals surface area contributed by atoms with Gasteiger partial charge < -0.3 is 14.2 Å². The molecule has 0 N–H and O–H groups in total. The first-order valence-corrected chi connectivity index (χ1v) is 9.80. The highest BCUT2D eigenvalue weighted by atomic mass is 16.5. The fraction of sp³-hybridized carbons (Fsp3) is 0.348. The number of methoxy groups -OCH3 is 1. The molecule has 5 nitrogen and oxygen atoms in total. The first-order valence-electron chi connectivity index (χ1n) is 9.80. The van der Waals surface area contributed by atoms with Crippen molar-refractivity contribution in [2.24, 2.45) is 0 Å². The molecule has 0 unspecified atom stereocenters. The molecule has 0 aromatic heterocycles. The summed E-state index contributed by atoms with van der Waals surface area (Å²) in [6, 6.07) is 12.9. The molecule has 2 heterocycles. The van der Waals surface area contributed by atoms with Gasteiger partial charge in [-0.2, -0.15) is 0 Å². The van der Waals surface area contributed by atoms with E-state index in [9.17, 15) is 4.79 Å². The van der Waals surface area contributed by atoms with Gasteiger partial charge in [0, 0.05) is 12.6 Å². The minimum atomic E-state index is -0.106.